The number of aryl methyl sites for hydroxylation is 1. The first-order valence-electron chi connectivity index (χ1n) is 12.3. The van der Waals surface area contributed by atoms with E-state index in [0.717, 1.165) is 24.5 Å². The van der Waals surface area contributed by atoms with Crippen molar-refractivity contribution in [3.8, 4) is 0 Å². The molecule has 2 heterocycles. The molecule has 4 N–H and O–H groups in total. The lowest BCUT2D eigenvalue weighted by Gasteiger charge is -2.35. The minimum absolute atomic E-state index is 0.0452. The number of nitrogens with two attached hydrogens (primary N) is 1. The fourth-order valence-electron chi connectivity index (χ4n) is 4.53. The van der Waals surface area contributed by atoms with Crippen molar-refractivity contribution in [3.05, 3.63) is 40.2 Å². The number of nitrogens with zero attached hydrogens (tertiary/aromatic N) is 2. The summed E-state index contributed by atoms with van der Waals surface area (Å²) < 4.78 is 14.8. The lowest BCUT2D eigenvalue weighted by molar-refractivity contribution is -0.147. The van der Waals surface area contributed by atoms with Crippen molar-refractivity contribution in [2.45, 2.75) is 66.1 Å². The Morgan fingerprint density at radius 3 is 2.49 bits per heavy atom. The number of carbonyl (C=O) groups is 3. The molecule has 0 radical (unpaired) electrons. The van der Waals surface area contributed by atoms with Crippen molar-refractivity contribution in [2.75, 3.05) is 32.7 Å². The van der Waals surface area contributed by atoms with Gasteiger partial charge in [-0.05, 0) is 71.0 Å². The number of halogens is 1. The normalized spacial score (nSPS) is 20.3. The van der Waals surface area contributed by atoms with Crippen molar-refractivity contribution < 1.29 is 18.8 Å². The van der Waals surface area contributed by atoms with E-state index in [1.54, 1.807) is 19.9 Å². The van der Waals surface area contributed by atoms with Gasteiger partial charge in [0.25, 0.3) is 11.8 Å². The Hall–Kier alpha value is -2.78. The molecular formula is C26H40FN5O3. The summed E-state index contributed by atoms with van der Waals surface area (Å²) in [7, 11) is 0. The topological polar surface area (TPSA) is 112 Å². The van der Waals surface area contributed by atoms with Gasteiger partial charge in [0.15, 0.2) is 0 Å². The smallest absolute Gasteiger partial charge is 0.261 e. The molecule has 1 saturated heterocycles. The predicted molar refractivity (Wildman–Crippen MR) is 137 cm³/mol. The quantitative estimate of drug-likeness (QED) is 0.414. The Bertz CT molecular complexity index is 1010. The highest BCUT2D eigenvalue weighted by Crippen LogP contribution is 2.43. The van der Waals surface area contributed by atoms with Crippen LogP contribution in [0.4, 0.5) is 4.39 Å². The predicted octanol–water partition coefficient (Wildman–Crippen LogP) is 2.87. The SMILES string of the molecule is C=C1/C(=C/c2[nH]c(C)c(C(=O)NCCN(CC)CC)c2C)C(=O)N(C(=O)CCCN)C1(C)[C@H](C)F. The molecule has 1 unspecified atom stereocenters. The van der Waals surface area contributed by atoms with Gasteiger partial charge in [0, 0.05) is 36.5 Å². The monoisotopic (exact) mass is 489 g/mol. The van der Waals surface area contributed by atoms with Crippen LogP contribution < -0.4 is 11.1 Å². The average Bonchev–Trinajstić information content (AvgIpc) is 3.20. The van der Waals surface area contributed by atoms with Crippen molar-refractivity contribution >= 4 is 23.8 Å². The summed E-state index contributed by atoms with van der Waals surface area (Å²) in [6.45, 7) is 17.9. The van der Waals surface area contributed by atoms with Gasteiger partial charge in [-0.25, -0.2) is 4.39 Å². The van der Waals surface area contributed by atoms with E-state index < -0.39 is 23.5 Å². The van der Waals surface area contributed by atoms with Crippen LogP contribution in [0.1, 0.15) is 67.8 Å². The van der Waals surface area contributed by atoms with Crippen LogP contribution >= 0.6 is 0 Å². The van der Waals surface area contributed by atoms with E-state index in [4.69, 9.17) is 5.73 Å². The van der Waals surface area contributed by atoms with Crippen molar-refractivity contribution in [2.24, 2.45) is 5.73 Å². The Kier molecular flexibility index (Phi) is 9.57. The molecule has 0 bridgehead atoms. The molecule has 0 aromatic carbocycles. The number of amides is 3. The second kappa shape index (κ2) is 11.8. The van der Waals surface area contributed by atoms with Crippen LogP contribution in [0.15, 0.2) is 17.7 Å². The van der Waals surface area contributed by atoms with E-state index in [2.05, 4.69) is 35.6 Å². The van der Waals surface area contributed by atoms with E-state index in [1.165, 1.54) is 13.8 Å². The van der Waals surface area contributed by atoms with Gasteiger partial charge in [0.2, 0.25) is 5.91 Å². The molecule has 35 heavy (non-hydrogen) atoms. The molecule has 0 aliphatic carbocycles. The second-order valence-electron chi connectivity index (χ2n) is 9.17. The highest BCUT2D eigenvalue weighted by Gasteiger charge is 2.54. The van der Waals surface area contributed by atoms with Gasteiger partial charge < -0.3 is 20.9 Å². The molecule has 1 aliphatic rings. The van der Waals surface area contributed by atoms with E-state index in [1.807, 2.05) is 0 Å². The van der Waals surface area contributed by atoms with Crippen LogP contribution in [0.3, 0.4) is 0 Å². The minimum Gasteiger partial charge on any atom is -0.358 e. The first-order valence-corrected chi connectivity index (χ1v) is 12.3. The second-order valence-corrected chi connectivity index (χ2v) is 9.17. The number of aromatic amines is 1. The van der Waals surface area contributed by atoms with Crippen LogP contribution in [0.5, 0.6) is 0 Å². The third-order valence-electron chi connectivity index (χ3n) is 7.05. The fourth-order valence-corrected chi connectivity index (χ4v) is 4.53. The number of imide groups is 1. The number of aromatic nitrogens is 1. The summed E-state index contributed by atoms with van der Waals surface area (Å²) in [4.78, 5) is 45.4. The summed E-state index contributed by atoms with van der Waals surface area (Å²) in [5.41, 5.74) is 6.78. The zero-order valence-electron chi connectivity index (χ0n) is 21.9. The molecular weight excluding hydrogens is 449 g/mol. The molecule has 1 fully saturated rings. The first kappa shape index (κ1) is 28.5. The van der Waals surface area contributed by atoms with Crippen LogP contribution in [-0.4, -0.2) is 76.9 Å². The molecule has 3 amide bonds. The van der Waals surface area contributed by atoms with Crippen LogP contribution in [-0.2, 0) is 9.59 Å². The van der Waals surface area contributed by atoms with Gasteiger partial charge in [0.05, 0.1) is 5.56 Å². The summed E-state index contributed by atoms with van der Waals surface area (Å²) in [6, 6.07) is 0. The number of alkyl halides is 1. The zero-order valence-corrected chi connectivity index (χ0v) is 21.9. The number of likely N-dealkylation sites (N-methyl/N-ethyl adjacent to an activating group) is 1. The standard InChI is InChI=1S/C26H40FN5O3/c1-8-31(9-2)14-13-29-24(34)23-16(3)21(30-18(23)5)15-20-17(4)26(7,19(6)27)32(25(20)35)22(33)11-10-12-28/h15,19,30H,4,8-14,28H2,1-3,5-7H3,(H,29,34)/b20-15-/t19-,26?/m0/s1. The summed E-state index contributed by atoms with van der Waals surface area (Å²) in [6.07, 6.45) is 0.484. The number of carbonyl (C=O) groups excluding carboxylic acids is 3. The van der Waals surface area contributed by atoms with E-state index in [9.17, 15) is 18.8 Å². The van der Waals surface area contributed by atoms with Crippen LogP contribution in [0.2, 0.25) is 0 Å². The lowest BCUT2D eigenvalue weighted by atomic mass is 9.87. The molecule has 2 rings (SSSR count). The average molecular weight is 490 g/mol. The van der Waals surface area contributed by atoms with Gasteiger partial charge in [0.1, 0.15) is 11.7 Å². The Labute approximate surface area is 207 Å². The number of rotatable bonds is 11. The number of nitrogens with one attached hydrogen (secondary N) is 2. The molecule has 194 valence electrons. The van der Waals surface area contributed by atoms with Gasteiger partial charge in [-0.1, -0.05) is 20.4 Å². The molecule has 1 aromatic rings. The molecule has 9 heteroatoms. The van der Waals surface area contributed by atoms with E-state index in [-0.39, 0.29) is 23.5 Å². The van der Waals surface area contributed by atoms with Gasteiger partial charge >= 0.3 is 0 Å². The number of hydrogen-bond donors (Lipinski definition) is 3. The van der Waals surface area contributed by atoms with Crippen LogP contribution in [0.25, 0.3) is 6.08 Å². The fraction of sp³-hybridized carbons (Fsp3) is 0.577. The summed E-state index contributed by atoms with van der Waals surface area (Å²) >= 11 is 0. The number of H-pyrrole nitrogens is 1. The summed E-state index contributed by atoms with van der Waals surface area (Å²) in [5.74, 6) is -1.28. The van der Waals surface area contributed by atoms with Gasteiger partial charge in [-0.3, -0.25) is 19.3 Å². The molecule has 2 atom stereocenters. The zero-order chi connectivity index (χ0) is 26.5. The summed E-state index contributed by atoms with van der Waals surface area (Å²) in [5, 5.41) is 2.96. The van der Waals surface area contributed by atoms with Crippen molar-refractivity contribution in [1.29, 1.82) is 0 Å². The van der Waals surface area contributed by atoms with Gasteiger partial charge in [-0.2, -0.15) is 0 Å². The Morgan fingerprint density at radius 1 is 1.31 bits per heavy atom. The lowest BCUT2D eigenvalue weighted by Crippen LogP contribution is -2.53. The van der Waals surface area contributed by atoms with Gasteiger partial charge in [-0.15, -0.1) is 0 Å². The first-order chi connectivity index (χ1) is 16.4. The van der Waals surface area contributed by atoms with Crippen LogP contribution in [0, 0.1) is 13.8 Å². The number of likely N-dealkylation sites (tertiary alicyclic amines) is 1. The molecule has 0 saturated carbocycles. The Morgan fingerprint density at radius 2 is 1.94 bits per heavy atom. The maximum absolute atomic E-state index is 14.8. The maximum atomic E-state index is 14.8. The van der Waals surface area contributed by atoms with Crippen molar-refractivity contribution in [1.82, 2.24) is 20.1 Å². The highest BCUT2D eigenvalue weighted by molar-refractivity contribution is 6.14. The third-order valence-corrected chi connectivity index (χ3v) is 7.05. The van der Waals surface area contributed by atoms with E-state index in [0.29, 0.717) is 42.0 Å². The molecule has 0 spiro atoms. The number of hydrogen-bond acceptors (Lipinski definition) is 5. The third kappa shape index (κ3) is 5.56. The molecule has 1 aliphatic heterocycles. The maximum Gasteiger partial charge on any atom is 0.261 e. The highest BCUT2D eigenvalue weighted by atomic mass is 19.1. The Balaban J connectivity index is 2.38. The minimum atomic E-state index is -1.52. The molecule has 8 nitrogen and oxygen atoms in total. The molecule has 1 aromatic heterocycles. The largest absolute Gasteiger partial charge is 0.358 e. The van der Waals surface area contributed by atoms with Crippen molar-refractivity contribution in [3.63, 3.8) is 0 Å². The van der Waals surface area contributed by atoms with E-state index >= 15 is 0 Å².